The maximum atomic E-state index is 11.3. The minimum absolute atomic E-state index is 0.0963. The number of benzene rings is 1. The summed E-state index contributed by atoms with van der Waals surface area (Å²) in [6.07, 6.45) is 1.10. The molecule has 1 saturated heterocycles. The zero-order valence-corrected chi connectivity index (χ0v) is 12.4. The van der Waals surface area contributed by atoms with Crippen LogP contribution in [0.3, 0.4) is 0 Å². The summed E-state index contributed by atoms with van der Waals surface area (Å²) in [6, 6.07) is 8.07. The molecular formula is C16H24N2O2. The van der Waals surface area contributed by atoms with Crippen LogP contribution in [0.2, 0.25) is 0 Å². The van der Waals surface area contributed by atoms with E-state index in [2.05, 4.69) is 24.1 Å². The third kappa shape index (κ3) is 4.05. The molecule has 0 radical (unpaired) electrons. The minimum Gasteiger partial charge on any atom is -0.392 e. The van der Waals surface area contributed by atoms with Crippen LogP contribution in [0.4, 0.5) is 0 Å². The smallest absolute Gasteiger partial charge is 0.219 e. The Labute approximate surface area is 121 Å². The summed E-state index contributed by atoms with van der Waals surface area (Å²) in [4.78, 5) is 15.6. The molecule has 0 saturated carbocycles. The van der Waals surface area contributed by atoms with Crippen molar-refractivity contribution in [2.24, 2.45) is 5.92 Å². The summed E-state index contributed by atoms with van der Waals surface area (Å²) in [7, 11) is 2.12. The first-order chi connectivity index (χ1) is 9.58. The largest absolute Gasteiger partial charge is 0.392 e. The molecule has 0 aliphatic carbocycles. The third-order valence-electron chi connectivity index (χ3n) is 3.96. The molecule has 4 nitrogen and oxygen atoms in total. The molecule has 110 valence electrons. The van der Waals surface area contributed by atoms with E-state index in [1.54, 1.807) is 6.92 Å². The Morgan fingerprint density at radius 2 is 2.00 bits per heavy atom. The third-order valence-corrected chi connectivity index (χ3v) is 3.96. The molecule has 2 rings (SSSR count). The second-order valence-electron chi connectivity index (χ2n) is 5.79. The van der Waals surface area contributed by atoms with Crippen molar-refractivity contribution in [1.82, 2.24) is 9.80 Å². The van der Waals surface area contributed by atoms with Gasteiger partial charge < -0.3 is 14.9 Å². The highest BCUT2D eigenvalue weighted by molar-refractivity contribution is 5.73. The number of aliphatic hydroxyl groups excluding tert-OH is 1. The van der Waals surface area contributed by atoms with Gasteiger partial charge in [0.05, 0.1) is 6.61 Å². The summed E-state index contributed by atoms with van der Waals surface area (Å²) >= 11 is 0. The summed E-state index contributed by atoms with van der Waals surface area (Å²) in [5.74, 6) is 0.773. The van der Waals surface area contributed by atoms with Crippen LogP contribution in [0.15, 0.2) is 24.3 Å². The van der Waals surface area contributed by atoms with E-state index in [1.807, 2.05) is 17.0 Å². The Balaban J connectivity index is 1.80. The first kappa shape index (κ1) is 15.0. The summed E-state index contributed by atoms with van der Waals surface area (Å²) < 4.78 is 0. The number of carbonyl (C=O) groups is 1. The van der Waals surface area contributed by atoms with Crippen molar-refractivity contribution in [3.05, 3.63) is 35.4 Å². The first-order valence-electron chi connectivity index (χ1n) is 7.21. The van der Waals surface area contributed by atoms with Crippen molar-refractivity contribution in [2.75, 3.05) is 26.7 Å². The topological polar surface area (TPSA) is 43.8 Å². The van der Waals surface area contributed by atoms with Crippen LogP contribution in [0, 0.1) is 5.92 Å². The molecule has 1 aliphatic heterocycles. The molecular weight excluding hydrogens is 252 g/mol. The van der Waals surface area contributed by atoms with E-state index in [9.17, 15) is 4.79 Å². The lowest BCUT2D eigenvalue weighted by atomic mass is 10.1. The lowest BCUT2D eigenvalue weighted by Gasteiger charge is -2.21. The number of hydrogen-bond donors (Lipinski definition) is 1. The van der Waals surface area contributed by atoms with Crippen LogP contribution in [-0.4, -0.2) is 47.5 Å². The summed E-state index contributed by atoms with van der Waals surface area (Å²) in [5.41, 5.74) is 2.20. The van der Waals surface area contributed by atoms with E-state index in [0.717, 1.165) is 38.2 Å². The maximum absolute atomic E-state index is 11.3. The van der Waals surface area contributed by atoms with Crippen LogP contribution in [0.5, 0.6) is 0 Å². The average molecular weight is 276 g/mol. The highest BCUT2D eigenvalue weighted by Crippen LogP contribution is 2.18. The SMILES string of the molecule is CC(=O)N1CCC(CN(C)Cc2ccc(CO)cc2)C1. The minimum atomic E-state index is 0.0963. The number of hydrogen-bond acceptors (Lipinski definition) is 3. The van der Waals surface area contributed by atoms with E-state index in [-0.39, 0.29) is 12.5 Å². The monoisotopic (exact) mass is 276 g/mol. The fraction of sp³-hybridized carbons (Fsp3) is 0.562. The first-order valence-corrected chi connectivity index (χ1v) is 7.21. The van der Waals surface area contributed by atoms with Crippen molar-refractivity contribution >= 4 is 5.91 Å². The number of aliphatic hydroxyl groups is 1. The van der Waals surface area contributed by atoms with Gasteiger partial charge in [-0.05, 0) is 30.5 Å². The molecule has 0 aromatic heterocycles. The van der Waals surface area contributed by atoms with Gasteiger partial charge in [0.1, 0.15) is 0 Å². The van der Waals surface area contributed by atoms with Gasteiger partial charge in [-0.2, -0.15) is 0 Å². The molecule has 1 aromatic carbocycles. The zero-order valence-electron chi connectivity index (χ0n) is 12.4. The Hall–Kier alpha value is -1.39. The predicted molar refractivity (Wildman–Crippen MR) is 79.1 cm³/mol. The van der Waals surface area contributed by atoms with E-state index < -0.39 is 0 Å². The van der Waals surface area contributed by atoms with Crippen molar-refractivity contribution in [3.63, 3.8) is 0 Å². The Morgan fingerprint density at radius 1 is 1.35 bits per heavy atom. The van der Waals surface area contributed by atoms with Gasteiger partial charge in [-0.25, -0.2) is 0 Å². The van der Waals surface area contributed by atoms with Crippen LogP contribution in [-0.2, 0) is 17.9 Å². The van der Waals surface area contributed by atoms with Gasteiger partial charge in [-0.3, -0.25) is 4.79 Å². The molecule has 1 atom stereocenters. The number of amides is 1. The molecule has 0 spiro atoms. The lowest BCUT2D eigenvalue weighted by Crippen LogP contribution is -2.30. The second-order valence-corrected chi connectivity index (χ2v) is 5.79. The van der Waals surface area contributed by atoms with Crippen molar-refractivity contribution in [2.45, 2.75) is 26.5 Å². The number of rotatable bonds is 5. The zero-order chi connectivity index (χ0) is 14.5. The van der Waals surface area contributed by atoms with Gasteiger partial charge in [0.2, 0.25) is 5.91 Å². The van der Waals surface area contributed by atoms with Gasteiger partial charge in [0.25, 0.3) is 0 Å². The Kier molecular flexibility index (Phi) is 5.15. The van der Waals surface area contributed by atoms with E-state index >= 15 is 0 Å². The molecule has 1 fully saturated rings. The van der Waals surface area contributed by atoms with Crippen LogP contribution in [0.1, 0.15) is 24.5 Å². The Bertz CT molecular complexity index is 444. The fourth-order valence-corrected chi connectivity index (χ4v) is 2.83. The molecule has 4 heteroatoms. The summed E-state index contributed by atoms with van der Waals surface area (Å²) in [5, 5.41) is 9.03. The van der Waals surface area contributed by atoms with Gasteiger partial charge >= 0.3 is 0 Å². The van der Waals surface area contributed by atoms with E-state index in [0.29, 0.717) is 5.92 Å². The highest BCUT2D eigenvalue weighted by Gasteiger charge is 2.24. The Morgan fingerprint density at radius 3 is 2.55 bits per heavy atom. The molecule has 1 aliphatic rings. The van der Waals surface area contributed by atoms with E-state index in [1.165, 1.54) is 5.56 Å². The summed E-state index contributed by atoms with van der Waals surface area (Å²) in [6.45, 7) is 5.46. The quantitative estimate of drug-likeness (QED) is 0.886. The number of carbonyl (C=O) groups excluding carboxylic acids is 1. The van der Waals surface area contributed by atoms with Crippen molar-refractivity contribution in [3.8, 4) is 0 Å². The van der Waals surface area contributed by atoms with Gasteiger partial charge in [0, 0.05) is 33.1 Å². The van der Waals surface area contributed by atoms with Crippen molar-refractivity contribution in [1.29, 1.82) is 0 Å². The van der Waals surface area contributed by atoms with E-state index in [4.69, 9.17) is 5.11 Å². The number of likely N-dealkylation sites (tertiary alicyclic amines) is 1. The average Bonchev–Trinajstić information content (AvgIpc) is 2.88. The van der Waals surface area contributed by atoms with Crippen LogP contribution < -0.4 is 0 Å². The molecule has 1 heterocycles. The van der Waals surface area contributed by atoms with Crippen molar-refractivity contribution < 1.29 is 9.90 Å². The molecule has 1 N–H and O–H groups in total. The molecule has 1 amide bonds. The molecule has 0 bridgehead atoms. The highest BCUT2D eigenvalue weighted by atomic mass is 16.3. The fourth-order valence-electron chi connectivity index (χ4n) is 2.83. The predicted octanol–water partition coefficient (Wildman–Crippen LogP) is 1.48. The molecule has 1 aromatic rings. The molecule has 20 heavy (non-hydrogen) atoms. The van der Waals surface area contributed by atoms with Gasteiger partial charge in [0.15, 0.2) is 0 Å². The van der Waals surface area contributed by atoms with Gasteiger partial charge in [-0.15, -0.1) is 0 Å². The maximum Gasteiger partial charge on any atom is 0.219 e. The number of nitrogens with zero attached hydrogens (tertiary/aromatic N) is 2. The normalized spacial score (nSPS) is 18.8. The standard InChI is InChI=1S/C16H24N2O2/c1-13(20)18-8-7-16(11-18)10-17(2)9-14-3-5-15(12-19)6-4-14/h3-6,16,19H,7-12H2,1-2H3. The van der Waals surface area contributed by atoms with Crippen LogP contribution >= 0.6 is 0 Å². The van der Waals surface area contributed by atoms with Gasteiger partial charge in [-0.1, -0.05) is 24.3 Å². The lowest BCUT2D eigenvalue weighted by molar-refractivity contribution is -0.127. The second kappa shape index (κ2) is 6.86. The van der Waals surface area contributed by atoms with Crippen LogP contribution in [0.25, 0.3) is 0 Å². The molecule has 1 unspecified atom stereocenters.